The number of hydrazine groups is 1. The second kappa shape index (κ2) is 6.31. The molecule has 0 fully saturated rings. The lowest BCUT2D eigenvalue weighted by molar-refractivity contribution is 0.522. The molecule has 106 valence electrons. The summed E-state index contributed by atoms with van der Waals surface area (Å²) in [6, 6.07) is 8.74. The molecule has 20 heavy (non-hydrogen) atoms. The van der Waals surface area contributed by atoms with Gasteiger partial charge in [-0.3, -0.25) is 11.3 Å². The second-order valence-corrected chi connectivity index (χ2v) is 5.02. The van der Waals surface area contributed by atoms with Gasteiger partial charge in [0.05, 0.1) is 6.04 Å². The summed E-state index contributed by atoms with van der Waals surface area (Å²) in [4.78, 5) is 0. The number of halogens is 3. The Kier molecular flexibility index (Phi) is 4.70. The zero-order valence-corrected chi connectivity index (χ0v) is 11.7. The predicted octanol–water partition coefficient (Wildman–Crippen LogP) is 3.67. The van der Waals surface area contributed by atoms with Crippen molar-refractivity contribution in [3.63, 3.8) is 0 Å². The zero-order valence-electron chi connectivity index (χ0n) is 11.0. The van der Waals surface area contributed by atoms with Gasteiger partial charge < -0.3 is 0 Å². The smallest absolute Gasteiger partial charge is 0.129 e. The largest absolute Gasteiger partial charge is 0.271 e. The first kappa shape index (κ1) is 14.9. The molecule has 0 bridgehead atoms. The van der Waals surface area contributed by atoms with E-state index in [-0.39, 0.29) is 12.5 Å². The average molecular weight is 297 g/mol. The SMILES string of the molecule is Cc1cccc(C(Cc2ccc(F)cc2F)NN)c1Cl. The van der Waals surface area contributed by atoms with Crippen LogP contribution >= 0.6 is 11.6 Å². The minimum Gasteiger partial charge on any atom is -0.271 e. The number of benzene rings is 2. The van der Waals surface area contributed by atoms with E-state index in [0.29, 0.717) is 10.6 Å². The average Bonchev–Trinajstić information content (AvgIpc) is 2.42. The van der Waals surface area contributed by atoms with Crippen molar-refractivity contribution in [2.24, 2.45) is 5.84 Å². The normalized spacial score (nSPS) is 12.4. The van der Waals surface area contributed by atoms with E-state index in [1.807, 2.05) is 25.1 Å². The van der Waals surface area contributed by atoms with Crippen molar-refractivity contribution in [3.8, 4) is 0 Å². The van der Waals surface area contributed by atoms with E-state index in [4.69, 9.17) is 17.4 Å². The molecule has 0 radical (unpaired) electrons. The molecule has 0 aromatic heterocycles. The Morgan fingerprint density at radius 1 is 1.25 bits per heavy atom. The maximum absolute atomic E-state index is 13.7. The molecule has 0 saturated carbocycles. The van der Waals surface area contributed by atoms with Crippen LogP contribution in [0.4, 0.5) is 8.78 Å². The van der Waals surface area contributed by atoms with Crippen molar-refractivity contribution >= 4 is 11.6 Å². The molecule has 1 unspecified atom stereocenters. The Balaban J connectivity index is 2.31. The molecule has 1 atom stereocenters. The van der Waals surface area contributed by atoms with E-state index in [1.54, 1.807) is 0 Å². The number of nitrogens with one attached hydrogen (secondary N) is 1. The molecular formula is C15H15ClF2N2. The lowest BCUT2D eigenvalue weighted by Gasteiger charge is -2.19. The highest BCUT2D eigenvalue weighted by Crippen LogP contribution is 2.28. The van der Waals surface area contributed by atoms with Crippen LogP contribution in [0.2, 0.25) is 5.02 Å². The first-order valence-electron chi connectivity index (χ1n) is 6.18. The maximum atomic E-state index is 13.7. The summed E-state index contributed by atoms with van der Waals surface area (Å²) in [6.45, 7) is 1.89. The fourth-order valence-corrected chi connectivity index (χ4v) is 2.36. The third-order valence-corrected chi connectivity index (χ3v) is 3.75. The molecule has 0 aliphatic carbocycles. The van der Waals surface area contributed by atoms with Gasteiger partial charge in [0.2, 0.25) is 0 Å². The van der Waals surface area contributed by atoms with E-state index >= 15 is 0 Å². The molecule has 0 heterocycles. The van der Waals surface area contributed by atoms with E-state index in [1.165, 1.54) is 12.1 Å². The van der Waals surface area contributed by atoms with E-state index in [9.17, 15) is 8.78 Å². The molecule has 2 rings (SSSR count). The van der Waals surface area contributed by atoms with Crippen LogP contribution < -0.4 is 11.3 Å². The number of hydrogen-bond acceptors (Lipinski definition) is 2. The van der Waals surface area contributed by atoms with Crippen molar-refractivity contribution in [1.82, 2.24) is 5.43 Å². The second-order valence-electron chi connectivity index (χ2n) is 4.64. The summed E-state index contributed by atoms with van der Waals surface area (Å²) in [6.07, 6.45) is 0.284. The minimum atomic E-state index is -0.600. The van der Waals surface area contributed by atoms with Crippen LogP contribution in [0.25, 0.3) is 0 Å². The Labute approximate surface area is 121 Å². The number of nitrogens with two attached hydrogens (primary N) is 1. The summed E-state index contributed by atoms with van der Waals surface area (Å²) in [7, 11) is 0. The van der Waals surface area contributed by atoms with Crippen LogP contribution in [0.3, 0.4) is 0 Å². The third kappa shape index (κ3) is 3.15. The van der Waals surface area contributed by atoms with Crippen molar-refractivity contribution in [2.45, 2.75) is 19.4 Å². The summed E-state index contributed by atoms with van der Waals surface area (Å²) < 4.78 is 26.6. The molecule has 0 spiro atoms. The molecule has 2 aromatic carbocycles. The van der Waals surface area contributed by atoms with E-state index in [2.05, 4.69) is 5.43 Å². The predicted molar refractivity (Wildman–Crippen MR) is 76.3 cm³/mol. The summed E-state index contributed by atoms with van der Waals surface area (Å²) in [5.74, 6) is 4.36. The molecule has 2 aromatic rings. The molecule has 0 saturated heterocycles. The standard InChI is InChI=1S/C15H15ClF2N2/c1-9-3-2-4-12(15(9)16)14(20-19)7-10-5-6-11(17)8-13(10)18/h2-6,8,14,20H,7,19H2,1H3. The van der Waals surface area contributed by atoms with Gasteiger partial charge in [-0.05, 0) is 36.1 Å². The minimum absolute atomic E-state index is 0.284. The van der Waals surface area contributed by atoms with Gasteiger partial charge in [-0.15, -0.1) is 0 Å². The fraction of sp³-hybridized carbons (Fsp3) is 0.200. The first-order valence-corrected chi connectivity index (χ1v) is 6.55. The van der Waals surface area contributed by atoms with Gasteiger partial charge in [0.15, 0.2) is 0 Å². The number of rotatable bonds is 4. The van der Waals surface area contributed by atoms with Gasteiger partial charge in [-0.2, -0.15) is 0 Å². The van der Waals surface area contributed by atoms with Crippen LogP contribution in [-0.2, 0) is 6.42 Å². The number of hydrogen-bond donors (Lipinski definition) is 2. The fourth-order valence-electron chi connectivity index (χ4n) is 2.11. The molecule has 0 amide bonds. The maximum Gasteiger partial charge on any atom is 0.129 e. The molecule has 3 N–H and O–H groups in total. The Bertz CT molecular complexity index is 617. The van der Waals surface area contributed by atoms with Gasteiger partial charge in [-0.1, -0.05) is 35.9 Å². The quantitative estimate of drug-likeness (QED) is 0.667. The zero-order chi connectivity index (χ0) is 14.7. The van der Waals surface area contributed by atoms with E-state index in [0.717, 1.165) is 17.2 Å². The first-order chi connectivity index (χ1) is 9.52. The van der Waals surface area contributed by atoms with Gasteiger partial charge in [0, 0.05) is 11.1 Å². The summed E-state index contributed by atoms with van der Waals surface area (Å²) >= 11 is 6.25. The van der Waals surface area contributed by atoms with Gasteiger partial charge in [-0.25, -0.2) is 8.78 Å². The molecular weight excluding hydrogens is 282 g/mol. The monoisotopic (exact) mass is 296 g/mol. The molecule has 0 aliphatic heterocycles. The molecule has 0 aliphatic rings. The Morgan fingerprint density at radius 2 is 2.00 bits per heavy atom. The van der Waals surface area contributed by atoms with Gasteiger partial charge in [0.1, 0.15) is 11.6 Å². The van der Waals surface area contributed by atoms with Crippen molar-refractivity contribution in [1.29, 1.82) is 0 Å². The lowest BCUT2D eigenvalue weighted by atomic mass is 9.97. The topological polar surface area (TPSA) is 38.0 Å². The van der Waals surface area contributed by atoms with Crippen LogP contribution in [0.1, 0.15) is 22.7 Å². The summed E-state index contributed by atoms with van der Waals surface area (Å²) in [5.41, 5.74) is 4.72. The van der Waals surface area contributed by atoms with Crippen LogP contribution in [-0.4, -0.2) is 0 Å². The Morgan fingerprint density at radius 3 is 2.65 bits per heavy atom. The summed E-state index contributed by atoms with van der Waals surface area (Å²) in [5, 5.41) is 0.595. The van der Waals surface area contributed by atoms with E-state index < -0.39 is 11.6 Å². The lowest BCUT2D eigenvalue weighted by Crippen LogP contribution is -2.30. The highest BCUT2D eigenvalue weighted by Gasteiger charge is 2.17. The number of aryl methyl sites for hydroxylation is 1. The highest BCUT2D eigenvalue weighted by atomic mass is 35.5. The van der Waals surface area contributed by atoms with Crippen molar-refractivity contribution in [2.75, 3.05) is 0 Å². The van der Waals surface area contributed by atoms with Crippen LogP contribution in [0, 0.1) is 18.6 Å². The highest BCUT2D eigenvalue weighted by molar-refractivity contribution is 6.32. The van der Waals surface area contributed by atoms with Crippen LogP contribution in [0.15, 0.2) is 36.4 Å². The van der Waals surface area contributed by atoms with Crippen molar-refractivity contribution in [3.05, 3.63) is 69.7 Å². The van der Waals surface area contributed by atoms with Gasteiger partial charge >= 0.3 is 0 Å². The van der Waals surface area contributed by atoms with Crippen molar-refractivity contribution < 1.29 is 8.78 Å². The van der Waals surface area contributed by atoms with Gasteiger partial charge in [0.25, 0.3) is 0 Å². The van der Waals surface area contributed by atoms with Crippen LogP contribution in [0.5, 0.6) is 0 Å². The molecule has 2 nitrogen and oxygen atoms in total. The molecule has 5 heteroatoms. The Hall–Kier alpha value is -1.49. The third-order valence-electron chi connectivity index (χ3n) is 3.24.